The first-order valence-corrected chi connectivity index (χ1v) is 8.66. The van der Waals surface area contributed by atoms with Crippen molar-refractivity contribution in [2.75, 3.05) is 17.6 Å². The van der Waals surface area contributed by atoms with Crippen LogP contribution in [0, 0.1) is 0 Å². The second-order valence-corrected chi connectivity index (χ2v) is 7.37. The van der Waals surface area contributed by atoms with Crippen LogP contribution >= 0.6 is 23.2 Å². The van der Waals surface area contributed by atoms with Gasteiger partial charge in [-0.2, -0.15) is 0 Å². The number of aromatic nitrogens is 1. The molecule has 8 heteroatoms. The number of hydrogen-bond acceptors (Lipinski definition) is 5. The van der Waals surface area contributed by atoms with E-state index >= 15 is 0 Å². The van der Waals surface area contributed by atoms with E-state index < -0.39 is 9.84 Å². The number of carbonyl (C=O) groups excluding carboxylic acids is 1. The first-order chi connectivity index (χ1) is 10.4. The number of rotatable bonds is 6. The van der Waals surface area contributed by atoms with Gasteiger partial charge in [0, 0.05) is 23.3 Å². The predicted octanol–water partition coefficient (Wildman–Crippen LogP) is 3.09. The first-order valence-electron chi connectivity index (χ1n) is 6.25. The van der Waals surface area contributed by atoms with E-state index in [1.54, 1.807) is 0 Å². The van der Waals surface area contributed by atoms with Crippen LogP contribution < -0.4 is 5.32 Å². The summed E-state index contributed by atoms with van der Waals surface area (Å²) in [5, 5.41) is 3.57. The van der Waals surface area contributed by atoms with Crippen LogP contribution in [0.1, 0.15) is 10.4 Å². The number of benzene rings is 1. The van der Waals surface area contributed by atoms with Crippen molar-refractivity contribution in [1.29, 1.82) is 0 Å². The maximum Gasteiger partial charge on any atom is 0.180 e. The summed E-state index contributed by atoms with van der Waals surface area (Å²) in [7, 11) is -3.42. The van der Waals surface area contributed by atoms with Gasteiger partial charge in [0.25, 0.3) is 0 Å². The summed E-state index contributed by atoms with van der Waals surface area (Å²) in [5.74, 6) is 0.209. The molecule has 0 amide bonds. The molecule has 0 bridgehead atoms. The maximum absolute atomic E-state index is 12.1. The number of hydrogen-bond donors (Lipinski definition) is 1. The van der Waals surface area contributed by atoms with Gasteiger partial charge in [-0.05, 0) is 30.3 Å². The third kappa shape index (κ3) is 4.19. The second-order valence-electron chi connectivity index (χ2n) is 4.42. The van der Waals surface area contributed by atoms with Gasteiger partial charge in [-0.15, -0.1) is 0 Å². The van der Waals surface area contributed by atoms with Gasteiger partial charge in [-0.3, -0.25) is 4.79 Å². The Kier molecular flexibility index (Phi) is 5.39. The average molecular weight is 359 g/mol. The highest BCUT2D eigenvalue weighted by atomic mass is 35.5. The number of nitrogens with zero attached hydrogens (tertiary/aromatic N) is 1. The third-order valence-electron chi connectivity index (χ3n) is 2.83. The van der Waals surface area contributed by atoms with Crippen LogP contribution in [0.2, 0.25) is 10.0 Å². The van der Waals surface area contributed by atoms with E-state index in [0.717, 1.165) is 0 Å². The summed E-state index contributed by atoms with van der Waals surface area (Å²) in [6.45, 7) is 0.137. The van der Waals surface area contributed by atoms with Crippen LogP contribution in [0.15, 0.2) is 41.4 Å². The predicted molar refractivity (Wildman–Crippen MR) is 86.6 cm³/mol. The first kappa shape index (κ1) is 16.7. The van der Waals surface area contributed by atoms with Gasteiger partial charge in [0.1, 0.15) is 5.82 Å². The van der Waals surface area contributed by atoms with Crippen LogP contribution in [0.5, 0.6) is 0 Å². The normalized spacial score (nSPS) is 11.2. The van der Waals surface area contributed by atoms with Crippen molar-refractivity contribution in [1.82, 2.24) is 4.98 Å². The van der Waals surface area contributed by atoms with Crippen molar-refractivity contribution < 1.29 is 13.2 Å². The highest BCUT2D eigenvalue weighted by molar-refractivity contribution is 7.91. The molecule has 0 fully saturated rings. The number of nitrogens with one attached hydrogen (secondary N) is 1. The topological polar surface area (TPSA) is 76.1 Å². The molecule has 1 aromatic carbocycles. The van der Waals surface area contributed by atoms with Crippen molar-refractivity contribution in [3.8, 4) is 0 Å². The van der Waals surface area contributed by atoms with Gasteiger partial charge < -0.3 is 5.32 Å². The third-order valence-corrected chi connectivity index (χ3v) is 5.11. The Balaban J connectivity index is 2.01. The second kappa shape index (κ2) is 7.09. The van der Waals surface area contributed by atoms with E-state index in [0.29, 0.717) is 22.7 Å². The Bertz CT molecular complexity index is 777. The van der Waals surface area contributed by atoms with E-state index in [-0.39, 0.29) is 22.2 Å². The quantitative estimate of drug-likeness (QED) is 0.802. The molecule has 0 saturated carbocycles. The van der Waals surface area contributed by atoms with E-state index in [1.165, 1.54) is 36.5 Å². The zero-order valence-electron chi connectivity index (χ0n) is 11.3. The van der Waals surface area contributed by atoms with Crippen molar-refractivity contribution in [3.63, 3.8) is 0 Å². The van der Waals surface area contributed by atoms with Gasteiger partial charge in [-0.1, -0.05) is 23.2 Å². The van der Waals surface area contributed by atoms with Crippen molar-refractivity contribution in [3.05, 3.63) is 52.1 Å². The van der Waals surface area contributed by atoms with Crippen molar-refractivity contribution in [2.45, 2.75) is 4.90 Å². The molecule has 0 saturated heterocycles. The Labute approximate surface area is 138 Å². The SMILES string of the molecule is O=Cc1cnc(NCCS(=O)(=O)c2ccc(Cl)cc2)c(Cl)c1. The molecule has 0 radical (unpaired) electrons. The Morgan fingerprint density at radius 3 is 2.45 bits per heavy atom. The number of carbonyl (C=O) groups is 1. The molecular weight excluding hydrogens is 347 g/mol. The molecule has 0 atom stereocenters. The zero-order valence-corrected chi connectivity index (χ0v) is 13.6. The van der Waals surface area contributed by atoms with E-state index in [9.17, 15) is 13.2 Å². The van der Waals surface area contributed by atoms with Crippen LogP contribution in [0.25, 0.3) is 0 Å². The number of sulfone groups is 1. The van der Waals surface area contributed by atoms with Gasteiger partial charge in [0.15, 0.2) is 16.1 Å². The standard InChI is InChI=1S/C14H12Cl2N2O3S/c15-11-1-3-12(4-2-11)22(20,21)6-5-17-14-13(16)7-10(9-19)8-18-14/h1-4,7-9H,5-6H2,(H,17,18). The lowest BCUT2D eigenvalue weighted by molar-refractivity contribution is 0.112. The fourth-order valence-corrected chi connectivity index (χ4v) is 3.24. The highest BCUT2D eigenvalue weighted by Crippen LogP contribution is 2.20. The van der Waals surface area contributed by atoms with Crippen molar-refractivity contribution >= 4 is 45.1 Å². The summed E-state index contributed by atoms with van der Waals surface area (Å²) < 4.78 is 24.3. The van der Waals surface area contributed by atoms with Gasteiger partial charge in [0.05, 0.1) is 15.7 Å². The molecule has 0 aliphatic heterocycles. The molecule has 5 nitrogen and oxygen atoms in total. The maximum atomic E-state index is 12.1. The van der Waals surface area contributed by atoms with Gasteiger partial charge in [-0.25, -0.2) is 13.4 Å². The van der Waals surface area contributed by atoms with Gasteiger partial charge >= 0.3 is 0 Å². The summed E-state index contributed by atoms with van der Waals surface area (Å²) >= 11 is 11.7. The van der Waals surface area contributed by atoms with Crippen molar-refractivity contribution in [2.24, 2.45) is 0 Å². The molecule has 2 aromatic rings. The monoisotopic (exact) mass is 358 g/mol. The Morgan fingerprint density at radius 1 is 1.18 bits per heavy atom. The fourth-order valence-electron chi connectivity index (χ4n) is 1.71. The lowest BCUT2D eigenvalue weighted by Crippen LogP contribution is -2.16. The molecule has 0 aliphatic rings. The Hall–Kier alpha value is -1.63. The zero-order chi connectivity index (χ0) is 16.2. The summed E-state index contributed by atoms with van der Waals surface area (Å²) in [4.78, 5) is 14.8. The minimum atomic E-state index is -3.42. The molecule has 1 aromatic heterocycles. The summed E-state index contributed by atoms with van der Waals surface area (Å²) in [5.41, 5.74) is 0.351. The molecule has 2 rings (SSSR count). The minimum absolute atomic E-state index is 0.123. The lowest BCUT2D eigenvalue weighted by Gasteiger charge is -2.08. The smallest absolute Gasteiger partial charge is 0.180 e. The fraction of sp³-hybridized carbons (Fsp3) is 0.143. The molecule has 0 spiro atoms. The van der Waals surface area contributed by atoms with Crippen LogP contribution in [0.3, 0.4) is 0 Å². The molecule has 1 N–H and O–H groups in total. The average Bonchev–Trinajstić information content (AvgIpc) is 2.49. The molecule has 22 heavy (non-hydrogen) atoms. The molecule has 0 unspecified atom stereocenters. The van der Waals surface area contributed by atoms with E-state index in [4.69, 9.17) is 23.2 Å². The number of pyridine rings is 1. The lowest BCUT2D eigenvalue weighted by atomic mass is 10.3. The minimum Gasteiger partial charge on any atom is -0.368 e. The Morgan fingerprint density at radius 2 is 1.86 bits per heavy atom. The number of anilines is 1. The van der Waals surface area contributed by atoms with Crippen LogP contribution in [0.4, 0.5) is 5.82 Å². The summed E-state index contributed by atoms with van der Waals surface area (Å²) in [6, 6.07) is 7.43. The highest BCUT2D eigenvalue weighted by Gasteiger charge is 2.14. The van der Waals surface area contributed by atoms with E-state index in [1.807, 2.05) is 0 Å². The van der Waals surface area contributed by atoms with Gasteiger partial charge in [0.2, 0.25) is 0 Å². The molecular formula is C14H12Cl2N2O3S. The largest absolute Gasteiger partial charge is 0.368 e. The molecule has 116 valence electrons. The molecule has 1 heterocycles. The van der Waals surface area contributed by atoms with Crippen LogP contribution in [-0.4, -0.2) is 32.0 Å². The molecule has 0 aliphatic carbocycles. The number of aldehydes is 1. The van der Waals surface area contributed by atoms with E-state index in [2.05, 4.69) is 10.3 Å². The van der Waals surface area contributed by atoms with Crippen LogP contribution in [-0.2, 0) is 9.84 Å². The summed E-state index contributed by atoms with van der Waals surface area (Å²) in [6.07, 6.45) is 1.99. The number of halogens is 2.